The van der Waals surface area contributed by atoms with Crippen LogP contribution >= 0.6 is 11.3 Å². The van der Waals surface area contributed by atoms with Crippen molar-refractivity contribution in [2.45, 2.75) is 33.2 Å². The maximum Gasteiger partial charge on any atom is 0.249 e. The van der Waals surface area contributed by atoms with Crippen molar-refractivity contribution in [2.75, 3.05) is 0 Å². The predicted octanol–water partition coefficient (Wildman–Crippen LogP) is 1.42. The zero-order valence-corrected chi connectivity index (χ0v) is 11.5. The Morgan fingerprint density at radius 1 is 1.44 bits per heavy atom. The Labute approximate surface area is 110 Å². The average molecular weight is 267 g/mol. The van der Waals surface area contributed by atoms with Gasteiger partial charge < -0.3 is 5.32 Å². The summed E-state index contributed by atoms with van der Waals surface area (Å²) in [4.78, 5) is 23.6. The third kappa shape index (κ3) is 5.09. The van der Waals surface area contributed by atoms with Gasteiger partial charge in [0, 0.05) is 10.9 Å². The monoisotopic (exact) mass is 267 g/mol. The second-order valence-electron chi connectivity index (χ2n) is 4.16. The number of carbonyl (C=O) groups excluding carboxylic acids is 2. The van der Waals surface area contributed by atoms with Crippen LogP contribution in [0.5, 0.6) is 0 Å². The van der Waals surface area contributed by atoms with Crippen molar-refractivity contribution in [1.29, 1.82) is 0 Å². The molecule has 0 aliphatic heterocycles. The summed E-state index contributed by atoms with van der Waals surface area (Å²) in [6.45, 7) is 5.65. The molecule has 0 saturated carbocycles. The molecule has 98 valence electrons. The lowest BCUT2D eigenvalue weighted by Gasteiger charge is -2.06. The second-order valence-corrected chi connectivity index (χ2v) is 5.11. The van der Waals surface area contributed by atoms with E-state index >= 15 is 0 Å². The van der Waals surface area contributed by atoms with Crippen LogP contribution in [0.4, 0.5) is 0 Å². The van der Waals surface area contributed by atoms with Crippen LogP contribution in [0.3, 0.4) is 0 Å². The standard InChI is InChI=1S/C12H17N3O2S/c1-8(2)14-11(16)6-12(17)15-13-7-10-9(3)4-5-18-10/h4-5,7-8H,6H2,1-3H3,(H,14,16)(H,15,17)/b13-7-. The molecular weight excluding hydrogens is 250 g/mol. The Bertz CT molecular complexity index is 452. The first kappa shape index (κ1) is 14.4. The molecule has 1 aromatic heterocycles. The van der Waals surface area contributed by atoms with Gasteiger partial charge in [-0.05, 0) is 37.8 Å². The van der Waals surface area contributed by atoms with Crippen molar-refractivity contribution in [1.82, 2.24) is 10.7 Å². The summed E-state index contributed by atoms with van der Waals surface area (Å²) in [7, 11) is 0. The van der Waals surface area contributed by atoms with E-state index in [0.29, 0.717) is 0 Å². The minimum Gasteiger partial charge on any atom is -0.353 e. The van der Waals surface area contributed by atoms with Crippen LogP contribution in [0.1, 0.15) is 30.7 Å². The van der Waals surface area contributed by atoms with E-state index in [1.807, 2.05) is 32.2 Å². The number of aryl methyl sites for hydroxylation is 1. The summed E-state index contributed by atoms with van der Waals surface area (Å²) in [5, 5.41) is 8.40. The van der Waals surface area contributed by atoms with E-state index in [4.69, 9.17) is 0 Å². The molecular formula is C12H17N3O2S. The maximum atomic E-state index is 11.4. The lowest BCUT2D eigenvalue weighted by atomic mass is 10.3. The highest BCUT2D eigenvalue weighted by Gasteiger charge is 2.09. The zero-order chi connectivity index (χ0) is 13.5. The molecule has 0 atom stereocenters. The number of rotatable bonds is 5. The highest BCUT2D eigenvalue weighted by molar-refractivity contribution is 7.11. The topological polar surface area (TPSA) is 70.6 Å². The minimum atomic E-state index is -0.418. The maximum absolute atomic E-state index is 11.4. The van der Waals surface area contributed by atoms with Gasteiger partial charge in [0.15, 0.2) is 0 Å². The van der Waals surface area contributed by atoms with E-state index in [-0.39, 0.29) is 18.4 Å². The van der Waals surface area contributed by atoms with Crippen molar-refractivity contribution in [2.24, 2.45) is 5.10 Å². The fourth-order valence-electron chi connectivity index (χ4n) is 1.24. The zero-order valence-electron chi connectivity index (χ0n) is 10.7. The fraction of sp³-hybridized carbons (Fsp3) is 0.417. The first-order valence-corrected chi connectivity index (χ1v) is 6.52. The normalized spacial score (nSPS) is 10.9. The Morgan fingerprint density at radius 3 is 2.72 bits per heavy atom. The molecule has 2 amide bonds. The number of thiophene rings is 1. The summed E-state index contributed by atoms with van der Waals surface area (Å²) in [5.74, 6) is -0.719. The molecule has 5 nitrogen and oxygen atoms in total. The van der Waals surface area contributed by atoms with Crippen molar-refractivity contribution >= 4 is 29.4 Å². The lowest BCUT2D eigenvalue weighted by molar-refractivity contribution is -0.129. The summed E-state index contributed by atoms with van der Waals surface area (Å²) in [6.07, 6.45) is 1.37. The smallest absolute Gasteiger partial charge is 0.249 e. The van der Waals surface area contributed by atoms with Crippen molar-refractivity contribution in [3.63, 3.8) is 0 Å². The van der Waals surface area contributed by atoms with Crippen molar-refractivity contribution < 1.29 is 9.59 Å². The Hall–Kier alpha value is -1.69. The molecule has 0 bridgehead atoms. The van der Waals surface area contributed by atoms with Crippen LogP contribution in [0, 0.1) is 6.92 Å². The number of hydrogen-bond acceptors (Lipinski definition) is 4. The first-order valence-electron chi connectivity index (χ1n) is 5.64. The van der Waals surface area contributed by atoms with Gasteiger partial charge in [-0.3, -0.25) is 9.59 Å². The fourth-order valence-corrected chi connectivity index (χ4v) is 2.02. The summed E-state index contributed by atoms with van der Waals surface area (Å²) in [6, 6.07) is 2.01. The van der Waals surface area contributed by atoms with Crippen LogP contribution in [0.25, 0.3) is 0 Å². The van der Waals surface area contributed by atoms with E-state index in [2.05, 4.69) is 15.8 Å². The average Bonchev–Trinajstić information content (AvgIpc) is 2.63. The highest BCUT2D eigenvalue weighted by atomic mass is 32.1. The third-order valence-electron chi connectivity index (χ3n) is 2.04. The van der Waals surface area contributed by atoms with Crippen molar-refractivity contribution in [3.8, 4) is 0 Å². The molecule has 0 unspecified atom stereocenters. The molecule has 1 rings (SSSR count). The Balaban J connectivity index is 2.35. The van der Waals surface area contributed by atoms with E-state index in [1.54, 1.807) is 17.6 Å². The molecule has 18 heavy (non-hydrogen) atoms. The van der Waals surface area contributed by atoms with Gasteiger partial charge in [-0.1, -0.05) is 0 Å². The molecule has 0 fully saturated rings. The van der Waals surface area contributed by atoms with Gasteiger partial charge in [0.2, 0.25) is 11.8 Å². The Kier molecular flexibility index (Phi) is 5.51. The summed E-state index contributed by atoms with van der Waals surface area (Å²) in [5.41, 5.74) is 3.44. The SMILES string of the molecule is Cc1ccsc1/C=N\NC(=O)CC(=O)NC(C)C. The minimum absolute atomic E-state index is 0.0302. The Morgan fingerprint density at radius 2 is 2.17 bits per heavy atom. The number of amides is 2. The molecule has 0 aromatic carbocycles. The van der Waals surface area contributed by atoms with Crippen LogP contribution in [0.2, 0.25) is 0 Å². The van der Waals surface area contributed by atoms with Gasteiger partial charge in [0.05, 0.1) is 6.21 Å². The lowest BCUT2D eigenvalue weighted by Crippen LogP contribution is -2.34. The van der Waals surface area contributed by atoms with E-state index in [1.165, 1.54) is 0 Å². The van der Waals surface area contributed by atoms with E-state index in [0.717, 1.165) is 10.4 Å². The predicted molar refractivity (Wildman–Crippen MR) is 72.7 cm³/mol. The molecule has 1 heterocycles. The molecule has 0 aliphatic rings. The van der Waals surface area contributed by atoms with Crippen molar-refractivity contribution in [3.05, 3.63) is 21.9 Å². The van der Waals surface area contributed by atoms with Gasteiger partial charge in [0.25, 0.3) is 0 Å². The van der Waals surface area contributed by atoms with Gasteiger partial charge in [-0.15, -0.1) is 11.3 Å². The summed E-state index contributed by atoms with van der Waals surface area (Å²) < 4.78 is 0. The number of carbonyl (C=O) groups is 2. The number of nitrogens with one attached hydrogen (secondary N) is 2. The number of nitrogens with zero attached hydrogens (tertiary/aromatic N) is 1. The molecule has 2 N–H and O–H groups in total. The van der Waals surface area contributed by atoms with Gasteiger partial charge in [-0.2, -0.15) is 5.10 Å². The second kappa shape index (κ2) is 6.90. The van der Waals surface area contributed by atoms with Gasteiger partial charge >= 0.3 is 0 Å². The molecule has 6 heteroatoms. The first-order chi connectivity index (χ1) is 8.49. The van der Waals surface area contributed by atoms with Crippen LogP contribution in [0.15, 0.2) is 16.5 Å². The number of hydrazone groups is 1. The van der Waals surface area contributed by atoms with Crippen LogP contribution in [-0.2, 0) is 9.59 Å². The molecule has 0 radical (unpaired) electrons. The van der Waals surface area contributed by atoms with E-state index < -0.39 is 5.91 Å². The van der Waals surface area contributed by atoms with Crippen LogP contribution < -0.4 is 10.7 Å². The molecule has 0 spiro atoms. The van der Waals surface area contributed by atoms with Gasteiger partial charge in [-0.25, -0.2) is 5.43 Å². The van der Waals surface area contributed by atoms with Crippen LogP contribution in [-0.4, -0.2) is 24.1 Å². The largest absolute Gasteiger partial charge is 0.353 e. The molecule has 1 aromatic rings. The quantitative estimate of drug-likeness (QED) is 0.481. The van der Waals surface area contributed by atoms with Gasteiger partial charge in [0.1, 0.15) is 6.42 Å². The third-order valence-corrected chi connectivity index (χ3v) is 3.00. The molecule has 0 aliphatic carbocycles. The molecule has 0 saturated heterocycles. The summed E-state index contributed by atoms with van der Waals surface area (Å²) >= 11 is 1.54. The van der Waals surface area contributed by atoms with E-state index in [9.17, 15) is 9.59 Å². The number of hydrogen-bond donors (Lipinski definition) is 2. The highest BCUT2D eigenvalue weighted by Crippen LogP contribution is 2.12.